The van der Waals surface area contributed by atoms with Crippen molar-refractivity contribution >= 4 is 6.09 Å². The Morgan fingerprint density at radius 3 is 2.42 bits per heavy atom. The molecule has 24 heavy (non-hydrogen) atoms. The van der Waals surface area contributed by atoms with Gasteiger partial charge in [-0.3, -0.25) is 0 Å². The summed E-state index contributed by atoms with van der Waals surface area (Å²) in [6, 6.07) is 9.68. The Labute approximate surface area is 145 Å². The van der Waals surface area contributed by atoms with E-state index in [4.69, 9.17) is 14.2 Å². The predicted octanol–water partition coefficient (Wildman–Crippen LogP) is 3.98. The fraction of sp³-hybridized carbons (Fsp3) is 0.632. The molecule has 1 aliphatic heterocycles. The van der Waals surface area contributed by atoms with Crippen molar-refractivity contribution in [2.75, 3.05) is 33.4 Å². The van der Waals surface area contributed by atoms with Crippen LogP contribution >= 0.6 is 0 Å². The van der Waals surface area contributed by atoms with Crippen LogP contribution in [0.4, 0.5) is 4.79 Å². The Balaban J connectivity index is 0.000000300. The van der Waals surface area contributed by atoms with Gasteiger partial charge in [0.05, 0.1) is 13.7 Å². The van der Waals surface area contributed by atoms with E-state index in [1.54, 1.807) is 12.0 Å². The molecule has 1 heterocycles. The molecule has 5 nitrogen and oxygen atoms in total. The first-order chi connectivity index (χ1) is 11.4. The van der Waals surface area contributed by atoms with Gasteiger partial charge in [-0.15, -0.1) is 0 Å². The molecule has 1 aromatic rings. The number of hydrogen-bond donors (Lipinski definition) is 0. The van der Waals surface area contributed by atoms with E-state index in [1.165, 1.54) is 0 Å². The Morgan fingerprint density at radius 1 is 1.25 bits per heavy atom. The molecule has 1 unspecified atom stereocenters. The number of methoxy groups -OCH3 is 1. The highest BCUT2D eigenvalue weighted by Crippen LogP contribution is 2.19. The molecule has 1 amide bonds. The molecule has 0 bridgehead atoms. The van der Waals surface area contributed by atoms with E-state index in [-0.39, 0.29) is 6.09 Å². The van der Waals surface area contributed by atoms with Gasteiger partial charge >= 0.3 is 6.09 Å². The van der Waals surface area contributed by atoms with Crippen LogP contribution < -0.4 is 4.74 Å². The van der Waals surface area contributed by atoms with Gasteiger partial charge in [-0.05, 0) is 46.2 Å². The second-order valence-electron chi connectivity index (χ2n) is 6.76. The zero-order chi connectivity index (χ0) is 18.0. The summed E-state index contributed by atoms with van der Waals surface area (Å²) in [4.78, 5) is 13.5. The summed E-state index contributed by atoms with van der Waals surface area (Å²) in [6.45, 7) is 10.7. The van der Waals surface area contributed by atoms with E-state index in [9.17, 15) is 4.79 Å². The highest BCUT2D eigenvalue weighted by Gasteiger charge is 2.29. The maximum atomic E-state index is 11.7. The SMILES string of the molecule is CCOCC1CCN(C(=O)OC(C)(C)C)C1.COc1ccccc1. The van der Waals surface area contributed by atoms with Crippen molar-refractivity contribution in [3.05, 3.63) is 30.3 Å². The second-order valence-corrected chi connectivity index (χ2v) is 6.76. The molecule has 1 saturated heterocycles. The first-order valence-corrected chi connectivity index (χ1v) is 8.50. The molecule has 5 heteroatoms. The number of likely N-dealkylation sites (tertiary alicyclic amines) is 1. The third-order valence-electron chi connectivity index (χ3n) is 3.47. The van der Waals surface area contributed by atoms with E-state index in [0.717, 1.165) is 38.5 Å². The minimum atomic E-state index is -0.408. The second kappa shape index (κ2) is 10.2. The normalized spacial score (nSPS) is 17.0. The molecule has 1 fully saturated rings. The molecule has 0 radical (unpaired) electrons. The van der Waals surface area contributed by atoms with Crippen LogP contribution in [0, 0.1) is 5.92 Å². The zero-order valence-electron chi connectivity index (χ0n) is 15.6. The van der Waals surface area contributed by atoms with Crippen LogP contribution in [0.3, 0.4) is 0 Å². The van der Waals surface area contributed by atoms with Gasteiger partial charge in [0.2, 0.25) is 0 Å². The highest BCUT2D eigenvalue weighted by atomic mass is 16.6. The Kier molecular flexibility index (Phi) is 8.61. The number of amides is 1. The largest absolute Gasteiger partial charge is 0.497 e. The van der Waals surface area contributed by atoms with Gasteiger partial charge < -0.3 is 19.1 Å². The van der Waals surface area contributed by atoms with Gasteiger partial charge in [0.15, 0.2) is 0 Å². The molecule has 0 aromatic heterocycles. The minimum Gasteiger partial charge on any atom is -0.497 e. The maximum Gasteiger partial charge on any atom is 0.410 e. The van der Waals surface area contributed by atoms with Crippen LogP contribution in [0.2, 0.25) is 0 Å². The molecule has 0 N–H and O–H groups in total. The number of benzene rings is 1. The van der Waals surface area contributed by atoms with Gasteiger partial charge in [-0.2, -0.15) is 0 Å². The molecular weight excluding hydrogens is 306 g/mol. The van der Waals surface area contributed by atoms with Gasteiger partial charge in [-0.25, -0.2) is 4.79 Å². The number of nitrogens with zero attached hydrogens (tertiary/aromatic N) is 1. The maximum absolute atomic E-state index is 11.7. The Hall–Kier alpha value is -1.75. The molecule has 0 aliphatic carbocycles. The summed E-state index contributed by atoms with van der Waals surface area (Å²) in [5.74, 6) is 1.37. The molecule has 1 atom stereocenters. The number of ether oxygens (including phenoxy) is 3. The van der Waals surface area contributed by atoms with Crippen LogP contribution in [0.1, 0.15) is 34.1 Å². The van der Waals surface area contributed by atoms with Crippen molar-refractivity contribution < 1.29 is 19.0 Å². The molecule has 1 aliphatic rings. The van der Waals surface area contributed by atoms with Crippen LogP contribution in [-0.4, -0.2) is 50.0 Å². The smallest absolute Gasteiger partial charge is 0.410 e. The van der Waals surface area contributed by atoms with E-state index >= 15 is 0 Å². The quantitative estimate of drug-likeness (QED) is 0.834. The monoisotopic (exact) mass is 337 g/mol. The summed E-state index contributed by atoms with van der Waals surface area (Å²) in [5, 5.41) is 0. The van der Waals surface area contributed by atoms with Crippen LogP contribution in [0.15, 0.2) is 30.3 Å². The third kappa shape index (κ3) is 8.20. The lowest BCUT2D eigenvalue weighted by Gasteiger charge is -2.24. The van der Waals surface area contributed by atoms with E-state index in [2.05, 4.69) is 0 Å². The van der Waals surface area contributed by atoms with Gasteiger partial charge in [0.1, 0.15) is 11.4 Å². The van der Waals surface area contributed by atoms with Crippen molar-refractivity contribution in [1.29, 1.82) is 0 Å². The van der Waals surface area contributed by atoms with Gasteiger partial charge in [-0.1, -0.05) is 18.2 Å². The van der Waals surface area contributed by atoms with E-state index in [1.807, 2.05) is 58.0 Å². The first-order valence-electron chi connectivity index (χ1n) is 8.50. The predicted molar refractivity (Wildman–Crippen MR) is 95.4 cm³/mol. The standard InChI is InChI=1S/C12H23NO3.C7H8O/c1-5-15-9-10-6-7-13(8-10)11(14)16-12(2,3)4;1-8-7-5-3-2-4-6-7/h10H,5-9H2,1-4H3;2-6H,1H3. The Bertz CT molecular complexity index is 470. The van der Waals surface area contributed by atoms with E-state index < -0.39 is 5.60 Å². The number of hydrogen-bond acceptors (Lipinski definition) is 4. The fourth-order valence-electron chi connectivity index (χ4n) is 2.30. The third-order valence-corrected chi connectivity index (χ3v) is 3.47. The van der Waals surface area contributed by atoms with Crippen molar-refractivity contribution in [3.63, 3.8) is 0 Å². The summed E-state index contributed by atoms with van der Waals surface area (Å²) in [6.07, 6.45) is 0.811. The number of carbonyl (C=O) groups excluding carboxylic acids is 1. The molecule has 0 spiro atoms. The number of rotatable bonds is 4. The summed E-state index contributed by atoms with van der Waals surface area (Å²) in [5.41, 5.74) is -0.408. The number of para-hydroxylation sites is 1. The van der Waals surface area contributed by atoms with Crippen molar-refractivity contribution in [3.8, 4) is 5.75 Å². The minimum absolute atomic E-state index is 0.202. The summed E-state index contributed by atoms with van der Waals surface area (Å²) < 4.78 is 15.6. The molecule has 136 valence electrons. The summed E-state index contributed by atoms with van der Waals surface area (Å²) >= 11 is 0. The first kappa shape index (κ1) is 20.3. The van der Waals surface area contributed by atoms with Crippen molar-refractivity contribution in [2.24, 2.45) is 5.92 Å². The molecule has 1 aromatic carbocycles. The molecular formula is C19H31NO4. The molecule has 0 saturated carbocycles. The average Bonchev–Trinajstić information content (AvgIpc) is 3.02. The van der Waals surface area contributed by atoms with Crippen molar-refractivity contribution in [1.82, 2.24) is 4.90 Å². The van der Waals surface area contributed by atoms with Crippen molar-refractivity contribution in [2.45, 2.75) is 39.7 Å². The van der Waals surface area contributed by atoms with Crippen LogP contribution in [-0.2, 0) is 9.47 Å². The topological polar surface area (TPSA) is 48.0 Å². The lowest BCUT2D eigenvalue weighted by molar-refractivity contribution is 0.0276. The average molecular weight is 337 g/mol. The van der Waals surface area contributed by atoms with Crippen LogP contribution in [0.5, 0.6) is 5.75 Å². The van der Waals surface area contributed by atoms with Crippen LogP contribution in [0.25, 0.3) is 0 Å². The fourth-order valence-corrected chi connectivity index (χ4v) is 2.30. The lowest BCUT2D eigenvalue weighted by atomic mass is 10.1. The molecule has 2 rings (SSSR count). The lowest BCUT2D eigenvalue weighted by Crippen LogP contribution is -2.35. The van der Waals surface area contributed by atoms with Gasteiger partial charge in [0.25, 0.3) is 0 Å². The van der Waals surface area contributed by atoms with E-state index in [0.29, 0.717) is 5.92 Å². The Morgan fingerprint density at radius 2 is 1.92 bits per heavy atom. The summed E-state index contributed by atoms with van der Waals surface area (Å²) in [7, 11) is 1.66. The number of carbonyl (C=O) groups is 1. The highest BCUT2D eigenvalue weighted by molar-refractivity contribution is 5.68. The van der Waals surface area contributed by atoms with Gasteiger partial charge in [0, 0.05) is 25.6 Å². The zero-order valence-corrected chi connectivity index (χ0v) is 15.6.